The lowest BCUT2D eigenvalue weighted by Gasteiger charge is -2.17. The molecule has 0 aliphatic heterocycles. The van der Waals surface area contributed by atoms with E-state index < -0.39 is 15.8 Å². The van der Waals surface area contributed by atoms with Crippen molar-refractivity contribution in [3.8, 4) is 0 Å². The molecule has 2 aromatic carbocycles. The van der Waals surface area contributed by atoms with Gasteiger partial charge in [-0.15, -0.1) is 0 Å². The van der Waals surface area contributed by atoms with Gasteiger partial charge in [-0.2, -0.15) is 4.31 Å². The molecule has 106 valence electrons. The maximum absolute atomic E-state index is 13.6. The van der Waals surface area contributed by atoms with E-state index >= 15 is 0 Å². The molecule has 0 spiro atoms. The summed E-state index contributed by atoms with van der Waals surface area (Å²) in [6.07, 6.45) is 0. The van der Waals surface area contributed by atoms with Crippen LogP contribution in [0.5, 0.6) is 0 Å². The van der Waals surface area contributed by atoms with Crippen LogP contribution in [0.15, 0.2) is 53.4 Å². The topological polar surface area (TPSA) is 63.4 Å². The molecule has 0 atom stereocenters. The maximum Gasteiger partial charge on any atom is 0.246 e. The molecule has 0 aromatic heterocycles. The predicted molar refractivity (Wildman–Crippen MR) is 75.9 cm³/mol. The van der Waals surface area contributed by atoms with Crippen LogP contribution in [-0.2, 0) is 16.6 Å². The highest BCUT2D eigenvalue weighted by atomic mass is 32.2. The fourth-order valence-electron chi connectivity index (χ4n) is 1.79. The molecule has 2 N–H and O–H groups in total. The molecule has 20 heavy (non-hydrogen) atoms. The molecule has 0 aliphatic carbocycles. The molecule has 0 bridgehead atoms. The zero-order chi connectivity index (χ0) is 14.8. The van der Waals surface area contributed by atoms with Crippen LogP contribution in [-0.4, -0.2) is 19.8 Å². The van der Waals surface area contributed by atoms with Crippen molar-refractivity contribution in [3.05, 3.63) is 59.9 Å². The highest BCUT2D eigenvalue weighted by molar-refractivity contribution is 7.89. The summed E-state index contributed by atoms with van der Waals surface area (Å²) in [6, 6.07) is 12.2. The van der Waals surface area contributed by atoms with Crippen LogP contribution in [0.2, 0.25) is 0 Å². The Balaban J connectivity index is 2.26. The fourth-order valence-corrected chi connectivity index (χ4v) is 3.01. The zero-order valence-electron chi connectivity index (χ0n) is 11.0. The van der Waals surface area contributed by atoms with E-state index in [1.165, 1.54) is 25.2 Å². The van der Waals surface area contributed by atoms with Gasteiger partial charge in [0.2, 0.25) is 10.0 Å². The number of rotatable bonds is 4. The van der Waals surface area contributed by atoms with Crippen LogP contribution in [0.3, 0.4) is 0 Å². The van der Waals surface area contributed by atoms with Gasteiger partial charge in [-0.3, -0.25) is 0 Å². The summed E-state index contributed by atoms with van der Waals surface area (Å²) in [7, 11) is -2.44. The van der Waals surface area contributed by atoms with Crippen molar-refractivity contribution >= 4 is 15.7 Å². The zero-order valence-corrected chi connectivity index (χ0v) is 11.8. The van der Waals surface area contributed by atoms with Crippen LogP contribution < -0.4 is 5.73 Å². The average molecular weight is 294 g/mol. The van der Waals surface area contributed by atoms with Gasteiger partial charge in [0.05, 0.1) is 0 Å². The van der Waals surface area contributed by atoms with Crippen LogP contribution >= 0.6 is 0 Å². The van der Waals surface area contributed by atoms with Gasteiger partial charge in [0.1, 0.15) is 10.7 Å². The number of nitrogen functional groups attached to an aromatic ring is 1. The lowest BCUT2D eigenvalue weighted by Crippen LogP contribution is -2.27. The first kappa shape index (κ1) is 14.5. The van der Waals surface area contributed by atoms with Gasteiger partial charge in [0.25, 0.3) is 0 Å². The van der Waals surface area contributed by atoms with E-state index in [0.717, 1.165) is 15.9 Å². The van der Waals surface area contributed by atoms with E-state index in [0.29, 0.717) is 5.69 Å². The second kappa shape index (κ2) is 5.60. The SMILES string of the molecule is CN(Cc1ccc(N)cc1)S(=O)(=O)c1ccccc1F. The third kappa shape index (κ3) is 2.97. The average Bonchev–Trinajstić information content (AvgIpc) is 2.41. The number of anilines is 1. The van der Waals surface area contributed by atoms with Crippen molar-refractivity contribution in [2.24, 2.45) is 0 Å². The molecule has 0 heterocycles. The van der Waals surface area contributed by atoms with E-state index in [9.17, 15) is 12.8 Å². The quantitative estimate of drug-likeness (QED) is 0.880. The standard InChI is InChI=1S/C14H15FN2O2S/c1-17(10-11-6-8-12(16)9-7-11)20(18,19)14-5-3-2-4-13(14)15/h2-9H,10,16H2,1H3. The van der Waals surface area contributed by atoms with Gasteiger partial charge in [-0.1, -0.05) is 24.3 Å². The Morgan fingerprint density at radius 2 is 1.70 bits per heavy atom. The van der Waals surface area contributed by atoms with E-state index in [-0.39, 0.29) is 11.4 Å². The van der Waals surface area contributed by atoms with Gasteiger partial charge in [-0.05, 0) is 29.8 Å². The third-order valence-corrected chi connectivity index (χ3v) is 4.75. The lowest BCUT2D eigenvalue weighted by molar-refractivity contribution is 0.460. The van der Waals surface area contributed by atoms with Gasteiger partial charge in [-0.25, -0.2) is 12.8 Å². The molecular formula is C14H15FN2O2S. The van der Waals surface area contributed by atoms with E-state index in [2.05, 4.69) is 0 Å². The molecule has 2 aromatic rings. The Hall–Kier alpha value is -1.92. The first-order chi connectivity index (χ1) is 9.41. The molecule has 0 radical (unpaired) electrons. The Morgan fingerprint density at radius 3 is 2.30 bits per heavy atom. The summed E-state index contributed by atoms with van der Waals surface area (Å²) in [4.78, 5) is -0.321. The van der Waals surface area contributed by atoms with Gasteiger partial charge in [0.15, 0.2) is 0 Å². The van der Waals surface area contributed by atoms with Crippen LogP contribution in [0, 0.1) is 5.82 Å². The summed E-state index contributed by atoms with van der Waals surface area (Å²) in [5.41, 5.74) is 6.96. The van der Waals surface area contributed by atoms with Crippen LogP contribution in [0.1, 0.15) is 5.56 Å². The Morgan fingerprint density at radius 1 is 1.10 bits per heavy atom. The minimum Gasteiger partial charge on any atom is -0.399 e. The Labute approximate surface area is 117 Å². The second-order valence-corrected chi connectivity index (χ2v) is 6.45. The van der Waals surface area contributed by atoms with Gasteiger partial charge in [0, 0.05) is 19.3 Å². The predicted octanol–water partition coefficient (Wildman–Crippen LogP) is 2.23. The van der Waals surface area contributed by atoms with E-state index in [1.54, 1.807) is 24.3 Å². The number of hydrogen-bond acceptors (Lipinski definition) is 3. The molecule has 6 heteroatoms. The molecular weight excluding hydrogens is 279 g/mol. The number of sulfonamides is 1. The Bertz CT molecular complexity index is 699. The summed E-state index contributed by atoms with van der Waals surface area (Å²) in [5, 5.41) is 0. The first-order valence-electron chi connectivity index (χ1n) is 5.96. The van der Waals surface area contributed by atoms with Crippen LogP contribution in [0.25, 0.3) is 0 Å². The largest absolute Gasteiger partial charge is 0.399 e. The first-order valence-corrected chi connectivity index (χ1v) is 7.40. The molecule has 0 unspecified atom stereocenters. The fraction of sp³-hybridized carbons (Fsp3) is 0.143. The number of nitrogens with two attached hydrogens (primary N) is 1. The second-order valence-electron chi connectivity index (χ2n) is 4.43. The molecule has 0 saturated carbocycles. The lowest BCUT2D eigenvalue weighted by atomic mass is 10.2. The summed E-state index contributed by atoms with van der Waals surface area (Å²) < 4.78 is 39.3. The normalized spacial score (nSPS) is 11.8. The third-order valence-electron chi connectivity index (χ3n) is 2.91. The van der Waals surface area contributed by atoms with Gasteiger partial charge < -0.3 is 5.73 Å². The van der Waals surface area contributed by atoms with E-state index in [4.69, 9.17) is 5.73 Å². The number of nitrogens with zero attached hydrogens (tertiary/aromatic N) is 1. The maximum atomic E-state index is 13.6. The van der Waals surface area contributed by atoms with Crippen molar-refractivity contribution in [1.82, 2.24) is 4.31 Å². The summed E-state index contributed by atoms with van der Waals surface area (Å²) in [5.74, 6) is -0.753. The monoisotopic (exact) mass is 294 g/mol. The number of benzene rings is 2. The highest BCUT2D eigenvalue weighted by Crippen LogP contribution is 2.19. The molecule has 0 fully saturated rings. The van der Waals surface area contributed by atoms with Crippen molar-refractivity contribution in [3.63, 3.8) is 0 Å². The summed E-state index contributed by atoms with van der Waals surface area (Å²) >= 11 is 0. The molecule has 2 rings (SSSR count). The van der Waals surface area contributed by atoms with Crippen molar-refractivity contribution in [2.75, 3.05) is 12.8 Å². The minimum atomic E-state index is -3.85. The van der Waals surface area contributed by atoms with Crippen LogP contribution in [0.4, 0.5) is 10.1 Å². The minimum absolute atomic E-state index is 0.150. The van der Waals surface area contributed by atoms with Gasteiger partial charge >= 0.3 is 0 Å². The highest BCUT2D eigenvalue weighted by Gasteiger charge is 2.23. The van der Waals surface area contributed by atoms with E-state index in [1.807, 2.05) is 0 Å². The smallest absolute Gasteiger partial charge is 0.246 e. The van der Waals surface area contributed by atoms with Crippen molar-refractivity contribution in [1.29, 1.82) is 0 Å². The number of hydrogen-bond donors (Lipinski definition) is 1. The van der Waals surface area contributed by atoms with Crippen molar-refractivity contribution < 1.29 is 12.8 Å². The molecule has 0 aliphatic rings. The Kier molecular flexibility index (Phi) is 4.06. The summed E-state index contributed by atoms with van der Waals surface area (Å²) in [6.45, 7) is 0.150. The molecule has 4 nitrogen and oxygen atoms in total. The molecule has 0 saturated heterocycles. The number of halogens is 1. The molecule has 0 amide bonds. The van der Waals surface area contributed by atoms with Crippen molar-refractivity contribution in [2.45, 2.75) is 11.4 Å².